The number of benzene rings is 8. The Morgan fingerprint density at radius 3 is 2.00 bits per heavy atom. The van der Waals surface area contributed by atoms with E-state index in [1.807, 2.05) is 0 Å². The Morgan fingerprint density at radius 2 is 1.12 bits per heavy atom. The van der Waals surface area contributed by atoms with Crippen molar-refractivity contribution in [2.45, 2.75) is 19.3 Å². The van der Waals surface area contributed by atoms with Crippen molar-refractivity contribution < 1.29 is 0 Å². The van der Waals surface area contributed by atoms with Gasteiger partial charge in [0.1, 0.15) is 0 Å². The zero-order valence-corrected chi connectivity index (χ0v) is 28.5. The predicted octanol–water partition coefficient (Wildman–Crippen LogP) is 13.2. The van der Waals surface area contributed by atoms with Crippen LogP contribution in [0.5, 0.6) is 0 Å². The van der Waals surface area contributed by atoms with Gasteiger partial charge in [-0.15, -0.1) is 0 Å². The van der Waals surface area contributed by atoms with Crippen molar-refractivity contribution in [1.29, 1.82) is 0 Å². The molecule has 0 saturated carbocycles. The number of rotatable bonds is 3. The van der Waals surface area contributed by atoms with Gasteiger partial charge in [-0.2, -0.15) is 0 Å². The number of aromatic nitrogens is 2. The number of nitrogens with zero attached hydrogens (tertiary/aromatic N) is 1. The van der Waals surface area contributed by atoms with Gasteiger partial charge in [0.05, 0.1) is 11.0 Å². The highest BCUT2D eigenvalue weighted by Gasteiger charge is 2.37. The van der Waals surface area contributed by atoms with Gasteiger partial charge in [-0.25, -0.2) is 0 Å². The van der Waals surface area contributed by atoms with Gasteiger partial charge >= 0.3 is 0 Å². The highest BCUT2D eigenvalue weighted by molar-refractivity contribution is 6.14. The molecule has 0 saturated heterocycles. The van der Waals surface area contributed by atoms with Crippen LogP contribution >= 0.6 is 0 Å². The molecule has 240 valence electrons. The monoisotopic (exact) mass is 650 g/mol. The van der Waals surface area contributed by atoms with Crippen LogP contribution in [0, 0.1) is 0 Å². The fourth-order valence-corrected chi connectivity index (χ4v) is 8.96. The zero-order valence-electron chi connectivity index (χ0n) is 28.5. The van der Waals surface area contributed by atoms with Crippen molar-refractivity contribution in [3.63, 3.8) is 0 Å². The minimum atomic E-state index is -0.0667. The molecule has 1 aliphatic carbocycles. The first-order valence-electron chi connectivity index (χ1n) is 17.8. The predicted molar refractivity (Wildman–Crippen MR) is 216 cm³/mol. The van der Waals surface area contributed by atoms with Gasteiger partial charge in [0.25, 0.3) is 0 Å². The third-order valence-corrected chi connectivity index (χ3v) is 11.5. The van der Waals surface area contributed by atoms with Crippen molar-refractivity contribution in [2.24, 2.45) is 0 Å². The standard InChI is InChI=1S/C49H34N2/c1-49(2)42-22-19-31-13-6-7-16-36(31)48(42)41-28-39-38-26-33(20-23-44(38)50-45(39)29-43(41)49)34-21-24-47-40(27-34)37-17-8-9-18-46(37)51(47)35-15-10-14-32(25-35)30-11-4-3-5-12-30/h3-29,50H,1-2H3. The summed E-state index contributed by atoms with van der Waals surface area (Å²) in [6, 6.07) is 60.5. The van der Waals surface area contributed by atoms with Crippen LogP contribution in [0.4, 0.5) is 0 Å². The molecule has 2 heteroatoms. The molecule has 2 aromatic heterocycles. The molecule has 11 rings (SSSR count). The highest BCUT2D eigenvalue weighted by Crippen LogP contribution is 2.53. The van der Waals surface area contributed by atoms with E-state index in [-0.39, 0.29) is 5.41 Å². The smallest absolute Gasteiger partial charge is 0.0541 e. The number of H-pyrrole nitrogens is 1. The zero-order chi connectivity index (χ0) is 33.8. The Bertz CT molecular complexity index is 3040. The first-order valence-corrected chi connectivity index (χ1v) is 17.8. The molecule has 0 atom stereocenters. The fraction of sp³-hybridized carbons (Fsp3) is 0.0612. The number of hydrogen-bond donors (Lipinski definition) is 1. The highest BCUT2D eigenvalue weighted by atomic mass is 15.0. The van der Waals surface area contributed by atoms with Crippen LogP contribution in [0.1, 0.15) is 25.0 Å². The largest absolute Gasteiger partial charge is 0.355 e. The fourth-order valence-electron chi connectivity index (χ4n) is 8.96. The van der Waals surface area contributed by atoms with E-state index >= 15 is 0 Å². The van der Waals surface area contributed by atoms with Gasteiger partial charge in [0.2, 0.25) is 0 Å². The van der Waals surface area contributed by atoms with E-state index in [4.69, 9.17) is 0 Å². The molecule has 51 heavy (non-hydrogen) atoms. The molecule has 2 heterocycles. The third kappa shape index (κ3) is 4.05. The second-order valence-electron chi connectivity index (χ2n) is 14.7. The second kappa shape index (κ2) is 10.3. The Balaban J connectivity index is 1.08. The van der Waals surface area contributed by atoms with E-state index in [1.165, 1.54) is 105 Å². The van der Waals surface area contributed by atoms with E-state index in [0.717, 1.165) is 0 Å². The van der Waals surface area contributed by atoms with Crippen molar-refractivity contribution >= 4 is 54.4 Å². The van der Waals surface area contributed by atoms with Gasteiger partial charge in [-0.1, -0.05) is 123 Å². The van der Waals surface area contributed by atoms with Gasteiger partial charge < -0.3 is 9.55 Å². The van der Waals surface area contributed by atoms with Crippen LogP contribution in [0.15, 0.2) is 164 Å². The van der Waals surface area contributed by atoms with E-state index in [0.29, 0.717) is 0 Å². The summed E-state index contributed by atoms with van der Waals surface area (Å²) in [6.45, 7) is 4.73. The van der Waals surface area contributed by atoms with E-state index in [9.17, 15) is 0 Å². The lowest BCUT2D eigenvalue weighted by atomic mass is 9.82. The summed E-state index contributed by atoms with van der Waals surface area (Å²) in [4.78, 5) is 3.78. The molecule has 0 spiro atoms. The first-order chi connectivity index (χ1) is 25.0. The molecule has 0 bridgehead atoms. The lowest BCUT2D eigenvalue weighted by Crippen LogP contribution is -2.14. The van der Waals surface area contributed by atoms with Crippen LogP contribution in [0.3, 0.4) is 0 Å². The maximum atomic E-state index is 3.78. The number of hydrogen-bond acceptors (Lipinski definition) is 0. The minimum absolute atomic E-state index is 0.0667. The van der Waals surface area contributed by atoms with E-state index in [2.05, 4.69) is 187 Å². The quantitative estimate of drug-likeness (QED) is 0.196. The van der Waals surface area contributed by atoms with Crippen LogP contribution in [-0.4, -0.2) is 9.55 Å². The van der Waals surface area contributed by atoms with Crippen LogP contribution in [-0.2, 0) is 5.41 Å². The van der Waals surface area contributed by atoms with Crippen LogP contribution in [0.25, 0.3) is 93.5 Å². The summed E-state index contributed by atoms with van der Waals surface area (Å²) in [5.74, 6) is 0. The van der Waals surface area contributed by atoms with Gasteiger partial charge in [0, 0.05) is 43.7 Å². The average molecular weight is 651 g/mol. The molecular formula is C49H34N2. The summed E-state index contributed by atoms with van der Waals surface area (Å²) < 4.78 is 2.41. The molecule has 0 aliphatic heterocycles. The molecule has 2 nitrogen and oxygen atoms in total. The Hall–Kier alpha value is -6.38. The first kappa shape index (κ1) is 28.5. The van der Waals surface area contributed by atoms with Crippen molar-refractivity contribution in [2.75, 3.05) is 0 Å². The normalized spacial score (nSPS) is 13.5. The SMILES string of the molecule is CC1(C)c2cc3[nH]c4ccc(-c5ccc6c(c5)c5ccccc5n6-c5cccc(-c6ccccc6)c5)cc4c3cc2-c2c1ccc1ccccc21. The maximum absolute atomic E-state index is 3.78. The summed E-state index contributed by atoms with van der Waals surface area (Å²) in [5, 5.41) is 7.69. The van der Waals surface area contributed by atoms with Gasteiger partial charge in [0.15, 0.2) is 0 Å². The molecule has 1 aliphatic rings. The van der Waals surface area contributed by atoms with Crippen molar-refractivity contribution in [3.05, 3.63) is 175 Å². The number of fused-ring (bicyclic) bond motifs is 11. The summed E-state index contributed by atoms with van der Waals surface area (Å²) >= 11 is 0. The minimum Gasteiger partial charge on any atom is -0.355 e. The Labute approximate surface area is 296 Å². The summed E-state index contributed by atoms with van der Waals surface area (Å²) in [6.07, 6.45) is 0. The van der Waals surface area contributed by atoms with E-state index < -0.39 is 0 Å². The lowest BCUT2D eigenvalue weighted by molar-refractivity contribution is 0.661. The molecule has 0 unspecified atom stereocenters. The molecule has 1 N–H and O–H groups in total. The summed E-state index contributed by atoms with van der Waals surface area (Å²) in [5.41, 5.74) is 16.3. The van der Waals surface area contributed by atoms with Crippen LogP contribution in [0.2, 0.25) is 0 Å². The second-order valence-corrected chi connectivity index (χ2v) is 14.7. The molecule has 0 amide bonds. The number of nitrogens with one attached hydrogen (secondary N) is 1. The van der Waals surface area contributed by atoms with Crippen molar-refractivity contribution in [3.8, 4) is 39.1 Å². The average Bonchev–Trinajstić information content (AvgIpc) is 3.79. The topological polar surface area (TPSA) is 20.7 Å². The van der Waals surface area contributed by atoms with Crippen LogP contribution < -0.4 is 0 Å². The Kier molecular flexibility index (Phi) is 5.76. The molecule has 0 radical (unpaired) electrons. The third-order valence-electron chi connectivity index (χ3n) is 11.5. The molecule has 0 fully saturated rings. The summed E-state index contributed by atoms with van der Waals surface area (Å²) in [7, 11) is 0. The molecule has 10 aromatic rings. The number of para-hydroxylation sites is 1. The number of aromatic amines is 1. The van der Waals surface area contributed by atoms with Crippen molar-refractivity contribution in [1.82, 2.24) is 9.55 Å². The van der Waals surface area contributed by atoms with Gasteiger partial charge in [-0.3, -0.25) is 0 Å². The van der Waals surface area contributed by atoms with E-state index in [1.54, 1.807) is 0 Å². The Morgan fingerprint density at radius 1 is 0.431 bits per heavy atom. The lowest BCUT2D eigenvalue weighted by Gasteiger charge is -2.21. The maximum Gasteiger partial charge on any atom is 0.0541 e. The molecular weight excluding hydrogens is 617 g/mol. The van der Waals surface area contributed by atoms with Gasteiger partial charge in [-0.05, 0) is 110 Å². The molecule has 8 aromatic carbocycles.